The Morgan fingerprint density at radius 2 is 0.890 bits per heavy atom. The molecular weight excluding hydrogens is 982 g/mol. The molecule has 6 aromatic carbocycles. The molecule has 2 aliphatic heterocycles. The minimum absolute atomic E-state index is 0.107. The summed E-state index contributed by atoms with van der Waals surface area (Å²) in [4.78, 5) is 3.41. The zero-order chi connectivity index (χ0) is 51.6. The van der Waals surface area contributed by atoms with Gasteiger partial charge < -0.3 is 4.74 Å². The van der Waals surface area contributed by atoms with Crippen molar-refractivity contribution in [2.45, 2.75) is 89.3 Å². The number of aryl methyl sites for hydroxylation is 6. The molecule has 0 bridgehead atoms. The Morgan fingerprint density at radius 1 is 0.479 bits per heavy atom. The first-order chi connectivity index (χ1) is 34.6. The van der Waals surface area contributed by atoms with Crippen LogP contribution in [0.3, 0.4) is 0 Å². The van der Waals surface area contributed by atoms with Gasteiger partial charge in [0, 0.05) is 30.7 Å². The average molecular weight is 1030 g/mol. The molecule has 1 fully saturated rings. The lowest BCUT2D eigenvalue weighted by atomic mass is 9.34. The molecule has 368 valence electrons. The monoisotopic (exact) mass is 1030 g/mol. The fourth-order valence-corrected chi connectivity index (χ4v) is 15.9. The Hall–Kier alpha value is -5.88. The third-order valence-corrected chi connectivity index (χ3v) is 19.9. The van der Waals surface area contributed by atoms with Gasteiger partial charge in [-0.25, -0.2) is 0 Å². The first kappa shape index (κ1) is 49.3. The van der Waals surface area contributed by atoms with Gasteiger partial charge in [0.2, 0.25) is 6.71 Å². The van der Waals surface area contributed by atoms with E-state index in [4.69, 9.17) is 4.74 Å². The maximum absolute atomic E-state index is 15.9. The molecule has 0 amide bonds. The van der Waals surface area contributed by atoms with Gasteiger partial charge >= 0.3 is 17.8 Å². The van der Waals surface area contributed by atoms with E-state index in [1.165, 1.54) is 95.9 Å². The molecule has 4 aliphatic rings. The molecule has 73 heavy (non-hydrogen) atoms. The van der Waals surface area contributed by atoms with Crippen molar-refractivity contribution in [3.63, 3.8) is 0 Å². The predicted octanol–water partition coefficient (Wildman–Crippen LogP) is 15.9. The number of ether oxygens (including phenoxy) is 1. The number of halogens is 6. The number of allylic oxidation sites excluding steroid dienone is 4. The average Bonchev–Trinajstić information content (AvgIpc) is 4.17. The second-order valence-corrected chi connectivity index (χ2v) is 24.3. The van der Waals surface area contributed by atoms with Crippen LogP contribution < -0.4 is 21.1 Å². The van der Waals surface area contributed by atoms with Gasteiger partial charge in [-0.1, -0.05) is 165 Å². The Morgan fingerprint density at radius 3 is 1.34 bits per heavy atom. The number of hydrogen-bond acceptors (Lipinski definition) is 4. The quantitative estimate of drug-likeness (QED) is 0.0998. The maximum Gasteiger partial charge on any atom is 0.380 e. The molecule has 0 saturated heterocycles. The van der Waals surface area contributed by atoms with Crippen molar-refractivity contribution < 1.29 is 31.1 Å². The van der Waals surface area contributed by atoms with Gasteiger partial charge in [0.05, 0.1) is 9.49 Å². The van der Waals surface area contributed by atoms with Crippen molar-refractivity contribution in [2.75, 3.05) is 0 Å². The van der Waals surface area contributed by atoms with Crippen molar-refractivity contribution in [2.24, 2.45) is 0 Å². The Kier molecular flexibility index (Phi) is 11.9. The number of thioether (sulfide) groups is 2. The molecule has 7 aromatic rings. The Labute approximate surface area is 436 Å². The maximum atomic E-state index is 15.9. The van der Waals surface area contributed by atoms with E-state index in [0.717, 1.165) is 16.0 Å². The van der Waals surface area contributed by atoms with Crippen LogP contribution in [0, 0.1) is 41.5 Å². The molecule has 0 spiro atoms. The lowest BCUT2D eigenvalue weighted by molar-refractivity contribution is -0.258. The van der Waals surface area contributed by atoms with E-state index in [1.54, 1.807) is 79.8 Å². The van der Waals surface area contributed by atoms with Crippen molar-refractivity contribution >= 4 is 67.8 Å². The van der Waals surface area contributed by atoms with E-state index in [1.807, 2.05) is 12.1 Å². The van der Waals surface area contributed by atoms with E-state index in [2.05, 4.69) is 114 Å². The predicted molar refractivity (Wildman–Crippen MR) is 295 cm³/mol. The largest absolute Gasteiger partial charge is 0.489 e. The third kappa shape index (κ3) is 7.77. The fraction of sp³-hybridized carbons (Fsp3) is 0.226. The van der Waals surface area contributed by atoms with Gasteiger partial charge in [0.15, 0.2) is 0 Å². The van der Waals surface area contributed by atoms with Crippen LogP contribution in [0.25, 0.3) is 30.7 Å². The highest BCUT2D eigenvalue weighted by molar-refractivity contribution is 8.14. The molecule has 11 rings (SSSR count). The number of rotatable bonds is 10. The second-order valence-electron chi connectivity index (χ2n) is 20.3. The lowest BCUT2D eigenvalue weighted by Gasteiger charge is -2.47. The topological polar surface area (TPSA) is 9.23 Å². The highest BCUT2D eigenvalue weighted by Crippen LogP contribution is 2.75. The van der Waals surface area contributed by atoms with Crippen LogP contribution in [0.1, 0.15) is 63.9 Å². The summed E-state index contributed by atoms with van der Waals surface area (Å²) in [6.07, 6.45) is 2.83. The Bertz CT molecular complexity index is 3410. The van der Waals surface area contributed by atoms with Gasteiger partial charge in [-0.3, -0.25) is 0 Å². The SMILES string of the molecule is Cc1cc(C)c(B(c2ccc(-c3ccc(-c4ccc(COc5ccc(C6=CC7=C8C(=C9C=C(c%10ccccc%10)SC9(C)C7(C)S6)C(F)(F)C(F)(F)C8(F)F)cc5)cc4)s3)cc2)c2c(C)cc(C)cc2C)c(C)c1. The summed E-state index contributed by atoms with van der Waals surface area (Å²) in [6.45, 7) is 17.1. The van der Waals surface area contributed by atoms with Crippen molar-refractivity contribution in [3.8, 4) is 26.6 Å². The van der Waals surface area contributed by atoms with Gasteiger partial charge in [0.25, 0.3) is 0 Å². The fourth-order valence-electron chi connectivity index (χ4n) is 11.7. The summed E-state index contributed by atoms with van der Waals surface area (Å²) >= 11 is 4.24. The van der Waals surface area contributed by atoms with Crippen molar-refractivity contribution in [1.82, 2.24) is 0 Å². The zero-order valence-corrected chi connectivity index (χ0v) is 44.1. The van der Waals surface area contributed by atoms with Crippen LogP contribution in [-0.4, -0.2) is 34.0 Å². The highest BCUT2D eigenvalue weighted by Gasteiger charge is 2.84. The van der Waals surface area contributed by atoms with Crippen LogP contribution in [0.5, 0.6) is 5.75 Å². The molecule has 3 heterocycles. The highest BCUT2D eigenvalue weighted by atomic mass is 32.2. The molecule has 2 aliphatic carbocycles. The summed E-state index contributed by atoms with van der Waals surface area (Å²) < 4.78 is 97.8. The number of thiophene rings is 1. The molecule has 1 nitrogen and oxygen atoms in total. The summed E-state index contributed by atoms with van der Waals surface area (Å²) in [7, 11) is 0. The number of alkyl halides is 6. The minimum atomic E-state index is -5.61. The Balaban J connectivity index is 0.794. The third-order valence-electron chi connectivity index (χ3n) is 15.4. The van der Waals surface area contributed by atoms with Gasteiger partial charge in [0.1, 0.15) is 12.4 Å². The summed E-state index contributed by atoms with van der Waals surface area (Å²) in [5.74, 6) is -15.2. The van der Waals surface area contributed by atoms with E-state index < -0.39 is 38.4 Å². The number of fused-ring (bicyclic) bond motifs is 4. The van der Waals surface area contributed by atoms with Crippen LogP contribution in [0.2, 0.25) is 0 Å². The lowest BCUT2D eigenvalue weighted by Crippen LogP contribution is -2.55. The molecule has 1 saturated carbocycles. The van der Waals surface area contributed by atoms with Gasteiger partial charge in [-0.2, -0.15) is 26.3 Å². The van der Waals surface area contributed by atoms with Gasteiger partial charge in [-0.05, 0) is 131 Å². The summed E-state index contributed by atoms with van der Waals surface area (Å²) in [5, 5.41) is 0. The van der Waals surface area contributed by atoms with Crippen molar-refractivity contribution in [1.29, 1.82) is 0 Å². The van der Waals surface area contributed by atoms with Gasteiger partial charge in [-0.15, -0.1) is 34.9 Å². The summed E-state index contributed by atoms with van der Waals surface area (Å²) in [6, 6.07) is 46.9. The zero-order valence-electron chi connectivity index (χ0n) is 41.6. The number of benzene rings is 6. The smallest absolute Gasteiger partial charge is 0.380 e. The van der Waals surface area contributed by atoms with Crippen LogP contribution in [0.4, 0.5) is 26.3 Å². The molecule has 1 aromatic heterocycles. The first-order valence-electron chi connectivity index (χ1n) is 24.3. The van der Waals surface area contributed by atoms with Crippen LogP contribution in [0.15, 0.2) is 174 Å². The normalized spacial score (nSPS) is 21.2. The molecule has 0 N–H and O–H groups in total. The standard InChI is InChI=1S/C62H51BF6OS3/c1-35-28-37(3)56(38(4)29-35)63(57-39(5)30-36(2)31-40(57)6)46-22-18-44(19-23-46)51-27-26-50(71-51)43-16-14-41(15-17-43)34-70-47-24-20-45(21-25-47)53-33-49-55-54(60(64,65)62(68,69)61(55,66)67)48-32-52(42-12-10-9-11-13-42)72-58(48,7)59(49,8)73-53/h9-33H,34H2,1-8H3. The first-order valence-corrected chi connectivity index (χ1v) is 26.8. The van der Waals surface area contributed by atoms with Crippen LogP contribution in [-0.2, 0) is 6.61 Å². The second kappa shape index (κ2) is 17.6. The van der Waals surface area contributed by atoms with E-state index in [-0.39, 0.29) is 17.9 Å². The minimum Gasteiger partial charge on any atom is -0.489 e. The number of hydrogen-bond donors (Lipinski definition) is 0. The van der Waals surface area contributed by atoms with E-state index >= 15 is 26.3 Å². The molecule has 2 unspecified atom stereocenters. The van der Waals surface area contributed by atoms with Crippen molar-refractivity contribution in [3.05, 3.63) is 224 Å². The van der Waals surface area contributed by atoms with Crippen LogP contribution >= 0.6 is 34.9 Å². The molecule has 0 radical (unpaired) electrons. The van der Waals surface area contributed by atoms with E-state index in [9.17, 15) is 0 Å². The molecule has 11 heteroatoms. The van der Waals surface area contributed by atoms with E-state index in [0.29, 0.717) is 33.3 Å². The molecular formula is C62H51BF6OS3. The molecule has 2 atom stereocenters. The summed E-state index contributed by atoms with van der Waals surface area (Å²) in [5.41, 5.74) is 13.4.